The number of nitrogens with zero attached hydrogens (tertiary/aromatic N) is 2. The lowest BCUT2D eigenvalue weighted by Crippen LogP contribution is -2.35. The van der Waals surface area contributed by atoms with Crippen molar-refractivity contribution in [2.75, 3.05) is 35.2 Å². The first-order valence-electron chi connectivity index (χ1n) is 10.1. The van der Waals surface area contributed by atoms with Crippen LogP contribution in [0.3, 0.4) is 0 Å². The first-order valence-corrected chi connectivity index (χ1v) is 10.5. The first kappa shape index (κ1) is 24.1. The summed E-state index contributed by atoms with van der Waals surface area (Å²) < 4.78 is 28.1. The molecule has 2 N–H and O–H groups in total. The van der Waals surface area contributed by atoms with Gasteiger partial charge in [-0.1, -0.05) is 37.1 Å². The number of amides is 3. The van der Waals surface area contributed by atoms with E-state index in [-0.39, 0.29) is 11.4 Å². The van der Waals surface area contributed by atoms with Gasteiger partial charge in [0.25, 0.3) is 5.91 Å². The number of hydrogen-bond donors (Lipinski definition) is 3. The molecule has 0 saturated heterocycles. The lowest BCUT2D eigenvalue weighted by atomic mass is 10.1. The molecule has 0 atom stereocenters. The number of rotatable bonds is 7. The van der Waals surface area contributed by atoms with Gasteiger partial charge in [0, 0.05) is 20.6 Å². The van der Waals surface area contributed by atoms with E-state index < -0.39 is 17.8 Å². The largest absolute Gasteiger partial charge is 0.376 e. The highest BCUT2D eigenvalue weighted by Crippen LogP contribution is 2.31. The molecule has 0 aliphatic heterocycles. The SMILES string of the molecule is CN(C)c1cc(N(S)C(=O)NCCc2ccc(F)cc2)ccc1NC(=O)c1ccccc1F. The fourth-order valence-corrected chi connectivity index (χ4v) is 3.31. The van der Waals surface area contributed by atoms with Gasteiger partial charge in [-0.3, -0.25) is 4.79 Å². The van der Waals surface area contributed by atoms with Gasteiger partial charge in [-0.2, -0.15) is 0 Å². The lowest BCUT2D eigenvalue weighted by Gasteiger charge is -2.22. The second-order valence-corrected chi connectivity index (χ2v) is 7.85. The van der Waals surface area contributed by atoms with E-state index in [2.05, 4.69) is 23.4 Å². The number of halogens is 2. The minimum absolute atomic E-state index is 0.0670. The van der Waals surface area contributed by atoms with Crippen LogP contribution in [0.25, 0.3) is 0 Å². The molecule has 0 radical (unpaired) electrons. The van der Waals surface area contributed by atoms with Crippen LogP contribution in [0.5, 0.6) is 0 Å². The maximum atomic E-state index is 13.9. The molecule has 9 heteroatoms. The second kappa shape index (κ2) is 10.8. The molecule has 33 heavy (non-hydrogen) atoms. The molecule has 0 unspecified atom stereocenters. The van der Waals surface area contributed by atoms with Crippen LogP contribution in [0, 0.1) is 11.6 Å². The van der Waals surface area contributed by atoms with E-state index in [0.29, 0.717) is 30.0 Å². The zero-order valence-electron chi connectivity index (χ0n) is 18.2. The normalized spacial score (nSPS) is 10.5. The summed E-state index contributed by atoms with van der Waals surface area (Å²) in [7, 11) is 3.56. The van der Waals surface area contributed by atoms with Gasteiger partial charge in [0.1, 0.15) is 11.6 Å². The maximum Gasteiger partial charge on any atom is 0.331 e. The van der Waals surface area contributed by atoms with Crippen LogP contribution in [0.1, 0.15) is 15.9 Å². The molecule has 3 aromatic rings. The minimum Gasteiger partial charge on any atom is -0.376 e. The van der Waals surface area contributed by atoms with Gasteiger partial charge in [0.15, 0.2) is 0 Å². The van der Waals surface area contributed by atoms with E-state index in [4.69, 9.17) is 0 Å². The summed E-state index contributed by atoms with van der Waals surface area (Å²) in [4.78, 5) is 26.8. The Bertz CT molecular complexity index is 1140. The summed E-state index contributed by atoms with van der Waals surface area (Å²) in [5.74, 6) is -1.50. The number of carbonyl (C=O) groups excluding carboxylic acids is 2. The minimum atomic E-state index is -0.614. The molecule has 3 amide bonds. The third kappa shape index (κ3) is 6.23. The number of anilines is 3. The van der Waals surface area contributed by atoms with Crippen molar-refractivity contribution in [3.63, 3.8) is 0 Å². The Kier molecular flexibility index (Phi) is 7.89. The van der Waals surface area contributed by atoms with E-state index in [0.717, 1.165) is 9.87 Å². The number of benzene rings is 3. The molecule has 0 spiro atoms. The molecule has 0 fully saturated rings. The standard InChI is InChI=1S/C24H24F2N4O2S/c1-29(2)22-15-18(11-12-21(22)28-23(31)19-5-3-4-6-20(19)26)30(33)24(32)27-14-13-16-7-9-17(25)10-8-16/h3-12,15,33H,13-14H2,1-2H3,(H,27,32)(H,28,31). The summed E-state index contributed by atoms with van der Waals surface area (Å²) in [6.45, 7) is 0.346. The lowest BCUT2D eigenvalue weighted by molar-refractivity contribution is 0.102. The molecule has 6 nitrogen and oxygen atoms in total. The fourth-order valence-electron chi connectivity index (χ4n) is 3.12. The van der Waals surface area contributed by atoms with Gasteiger partial charge in [-0.25, -0.2) is 17.9 Å². The third-order valence-electron chi connectivity index (χ3n) is 4.87. The summed E-state index contributed by atoms with van der Waals surface area (Å²) >= 11 is 4.29. The van der Waals surface area contributed by atoms with Gasteiger partial charge < -0.3 is 15.5 Å². The third-order valence-corrected chi connectivity index (χ3v) is 5.28. The quantitative estimate of drug-likeness (QED) is 0.431. The van der Waals surface area contributed by atoms with Gasteiger partial charge in [-0.15, -0.1) is 0 Å². The average Bonchev–Trinajstić information content (AvgIpc) is 2.80. The highest BCUT2D eigenvalue weighted by Gasteiger charge is 2.17. The molecule has 0 bridgehead atoms. The highest BCUT2D eigenvalue weighted by atomic mass is 32.1. The Morgan fingerprint density at radius 3 is 2.33 bits per heavy atom. The van der Waals surface area contributed by atoms with Crippen molar-refractivity contribution in [2.45, 2.75) is 6.42 Å². The predicted molar refractivity (Wildman–Crippen MR) is 130 cm³/mol. The van der Waals surface area contributed by atoms with E-state index in [9.17, 15) is 18.4 Å². The van der Waals surface area contributed by atoms with Crippen molar-refractivity contribution in [2.24, 2.45) is 0 Å². The van der Waals surface area contributed by atoms with Crippen molar-refractivity contribution in [1.29, 1.82) is 0 Å². The molecule has 3 aromatic carbocycles. The van der Waals surface area contributed by atoms with E-state index in [1.165, 1.54) is 30.3 Å². The molecule has 172 valence electrons. The maximum absolute atomic E-state index is 13.9. The van der Waals surface area contributed by atoms with Crippen LogP contribution in [0.2, 0.25) is 0 Å². The molecule has 0 aliphatic carbocycles. The van der Waals surface area contributed by atoms with E-state index >= 15 is 0 Å². The number of urea groups is 1. The van der Waals surface area contributed by atoms with Crippen molar-refractivity contribution in [3.05, 3.63) is 89.5 Å². The zero-order valence-corrected chi connectivity index (χ0v) is 19.1. The first-order chi connectivity index (χ1) is 15.8. The number of hydrogen-bond acceptors (Lipinski definition) is 4. The molecule has 3 rings (SSSR count). The van der Waals surface area contributed by atoms with Crippen molar-refractivity contribution < 1.29 is 18.4 Å². The Morgan fingerprint density at radius 2 is 1.67 bits per heavy atom. The Hall–Kier alpha value is -3.59. The van der Waals surface area contributed by atoms with Crippen molar-refractivity contribution in [1.82, 2.24) is 5.32 Å². The fraction of sp³-hybridized carbons (Fsp3) is 0.167. The Balaban J connectivity index is 1.68. The van der Waals surface area contributed by atoms with Gasteiger partial charge in [-0.05, 0) is 54.4 Å². The molecule has 0 aliphatic rings. The van der Waals surface area contributed by atoms with Gasteiger partial charge in [0.2, 0.25) is 0 Å². The average molecular weight is 471 g/mol. The van der Waals surface area contributed by atoms with Crippen LogP contribution in [-0.4, -0.2) is 32.6 Å². The summed E-state index contributed by atoms with van der Waals surface area (Å²) in [6.07, 6.45) is 0.539. The van der Waals surface area contributed by atoms with Gasteiger partial charge >= 0.3 is 6.03 Å². The molecule has 0 saturated carbocycles. The van der Waals surface area contributed by atoms with E-state index in [1.54, 1.807) is 55.4 Å². The summed E-state index contributed by atoms with van der Waals surface area (Å²) in [5.41, 5.74) is 2.37. The molecule has 0 aromatic heterocycles. The molecular formula is C24H24F2N4O2S. The summed E-state index contributed by atoms with van der Waals surface area (Å²) in [5, 5.41) is 5.47. The van der Waals surface area contributed by atoms with Crippen molar-refractivity contribution in [3.8, 4) is 0 Å². The number of thiol groups is 1. The molecular weight excluding hydrogens is 446 g/mol. The zero-order chi connectivity index (χ0) is 24.0. The topological polar surface area (TPSA) is 64.7 Å². The van der Waals surface area contributed by atoms with E-state index in [1.807, 2.05) is 0 Å². The van der Waals surface area contributed by atoms with Crippen LogP contribution in [-0.2, 0) is 6.42 Å². The van der Waals surface area contributed by atoms with Crippen LogP contribution < -0.4 is 19.8 Å². The Morgan fingerprint density at radius 1 is 0.970 bits per heavy atom. The van der Waals surface area contributed by atoms with Crippen LogP contribution in [0.4, 0.5) is 30.6 Å². The summed E-state index contributed by atoms with van der Waals surface area (Å²) in [6, 6.07) is 16.3. The smallest absolute Gasteiger partial charge is 0.331 e. The monoisotopic (exact) mass is 470 g/mol. The van der Waals surface area contributed by atoms with Crippen LogP contribution in [0.15, 0.2) is 66.7 Å². The van der Waals surface area contributed by atoms with Gasteiger partial charge in [0.05, 0.1) is 22.6 Å². The number of carbonyl (C=O) groups is 2. The Labute approximate surface area is 196 Å². The second-order valence-electron chi connectivity index (χ2n) is 7.45. The highest BCUT2D eigenvalue weighted by molar-refractivity contribution is 7.82. The van der Waals surface area contributed by atoms with Crippen molar-refractivity contribution >= 4 is 41.8 Å². The predicted octanol–water partition coefficient (Wildman–Crippen LogP) is 4.89. The molecule has 0 heterocycles. The van der Waals surface area contributed by atoms with Crippen LogP contribution >= 0.6 is 12.8 Å². The number of nitrogens with one attached hydrogen (secondary N) is 2.